The summed E-state index contributed by atoms with van der Waals surface area (Å²) in [5.74, 6) is -0.486. The van der Waals surface area contributed by atoms with Gasteiger partial charge in [-0.05, 0) is 30.2 Å². The minimum Gasteiger partial charge on any atom is -0.481 e. The Hall–Kier alpha value is -1.95. The van der Waals surface area contributed by atoms with E-state index in [4.69, 9.17) is 38.4 Å². The molecule has 1 aliphatic rings. The number of nitriles is 1. The van der Waals surface area contributed by atoms with E-state index in [2.05, 4.69) is 0 Å². The van der Waals surface area contributed by atoms with E-state index in [-0.39, 0.29) is 19.8 Å². The van der Waals surface area contributed by atoms with Crippen molar-refractivity contribution in [2.75, 3.05) is 19.8 Å². The average molecular weight is 337 g/mol. The summed E-state index contributed by atoms with van der Waals surface area (Å²) in [5.41, 5.74) is 13.5. The molecule has 0 unspecified atom stereocenters. The van der Waals surface area contributed by atoms with Gasteiger partial charge in [-0.3, -0.25) is 4.79 Å². The summed E-state index contributed by atoms with van der Waals surface area (Å²) in [6.45, 7) is 0.548. The van der Waals surface area contributed by atoms with Gasteiger partial charge in [-0.25, -0.2) is 0 Å². The number of thiophene rings is 1. The summed E-state index contributed by atoms with van der Waals surface area (Å²) in [7, 11) is 0. The number of carbonyl (C=O) groups is 1. The lowest BCUT2D eigenvalue weighted by Crippen LogP contribution is -2.18. The van der Waals surface area contributed by atoms with Crippen LogP contribution in [0.5, 0.6) is 5.06 Å². The van der Waals surface area contributed by atoms with Gasteiger partial charge >= 0.3 is 0 Å². The molecule has 6 nitrogen and oxygen atoms in total. The third-order valence-electron chi connectivity index (χ3n) is 3.19. The van der Waals surface area contributed by atoms with Crippen LogP contribution in [-0.2, 0) is 11.2 Å². The molecule has 0 saturated carbocycles. The first-order valence-corrected chi connectivity index (χ1v) is 7.81. The summed E-state index contributed by atoms with van der Waals surface area (Å²) in [6.07, 6.45) is 2.83. The highest BCUT2D eigenvalue weighted by Crippen LogP contribution is 2.41. The summed E-state index contributed by atoms with van der Waals surface area (Å²) < 4.78 is 10.7. The van der Waals surface area contributed by atoms with E-state index in [0.717, 1.165) is 16.7 Å². The Labute approximate surface area is 137 Å². The molecule has 0 aromatic carbocycles. The van der Waals surface area contributed by atoms with Gasteiger partial charge < -0.3 is 20.9 Å². The number of amides is 1. The Morgan fingerprint density at radius 1 is 1.45 bits per heavy atom. The van der Waals surface area contributed by atoms with Crippen LogP contribution in [0, 0.1) is 11.3 Å². The highest BCUT2D eigenvalue weighted by Gasteiger charge is 2.29. The van der Waals surface area contributed by atoms with Crippen LogP contribution in [0.1, 0.15) is 27.2 Å². The standard InChI is InChI=1S/C14H15N3O3S2/c15-3-4-19-5-6-20-14-10-9(12(22-14)13(17)18)2-1-8(7-16)11(10)21/h7H,1-2,4-6,16H2,(H2,17,18). The molecule has 4 N–H and O–H groups in total. The van der Waals surface area contributed by atoms with Crippen molar-refractivity contribution in [3.63, 3.8) is 0 Å². The van der Waals surface area contributed by atoms with Gasteiger partial charge in [0.05, 0.1) is 28.0 Å². The molecular formula is C14H15N3O3S2. The molecule has 0 saturated heterocycles. The van der Waals surface area contributed by atoms with Crippen molar-refractivity contribution >= 4 is 34.3 Å². The number of thiocarbonyl (C=S) groups is 1. The third kappa shape index (κ3) is 3.27. The Morgan fingerprint density at radius 2 is 2.23 bits per heavy atom. The van der Waals surface area contributed by atoms with Gasteiger partial charge in [0.25, 0.3) is 5.91 Å². The number of nitrogens with zero attached hydrogens (tertiary/aromatic N) is 1. The average Bonchev–Trinajstić information content (AvgIpc) is 2.87. The summed E-state index contributed by atoms with van der Waals surface area (Å²) in [6, 6.07) is 1.88. The molecule has 1 heterocycles. The predicted octanol–water partition coefficient (Wildman–Crippen LogP) is 1.27. The lowest BCUT2D eigenvalue weighted by Gasteiger charge is -2.18. The van der Waals surface area contributed by atoms with Crippen molar-refractivity contribution in [1.82, 2.24) is 0 Å². The summed E-state index contributed by atoms with van der Waals surface area (Å²) >= 11 is 6.63. The van der Waals surface area contributed by atoms with Crippen LogP contribution in [0.2, 0.25) is 0 Å². The Bertz CT molecular complexity index is 674. The normalized spacial score (nSPS) is 15.4. The number of ether oxygens (including phenoxy) is 2. The van der Waals surface area contributed by atoms with Crippen LogP contribution in [0.3, 0.4) is 0 Å². The maximum atomic E-state index is 11.6. The number of rotatable bonds is 6. The quantitative estimate of drug-likeness (QED) is 0.459. The van der Waals surface area contributed by atoms with E-state index in [1.165, 1.54) is 17.5 Å². The molecule has 1 aromatic heterocycles. The molecule has 8 heteroatoms. The van der Waals surface area contributed by atoms with Crippen LogP contribution in [0.25, 0.3) is 0 Å². The van der Waals surface area contributed by atoms with Crippen molar-refractivity contribution in [3.8, 4) is 11.1 Å². The molecule has 0 radical (unpaired) electrons. The fourth-order valence-electron chi connectivity index (χ4n) is 2.21. The maximum Gasteiger partial charge on any atom is 0.259 e. The van der Waals surface area contributed by atoms with Crippen LogP contribution < -0.4 is 16.2 Å². The summed E-state index contributed by atoms with van der Waals surface area (Å²) in [4.78, 5) is 12.7. The molecule has 0 fully saturated rings. The van der Waals surface area contributed by atoms with E-state index >= 15 is 0 Å². The zero-order valence-electron chi connectivity index (χ0n) is 11.8. The Kier molecular flexibility index (Phi) is 5.49. The second-order valence-corrected chi connectivity index (χ2v) is 5.91. The van der Waals surface area contributed by atoms with Gasteiger partial charge in [0.1, 0.15) is 13.2 Å². The Balaban J connectivity index is 2.25. The molecule has 0 aliphatic heterocycles. The molecule has 1 aliphatic carbocycles. The van der Waals surface area contributed by atoms with E-state index in [0.29, 0.717) is 27.6 Å². The van der Waals surface area contributed by atoms with Crippen LogP contribution >= 0.6 is 23.6 Å². The van der Waals surface area contributed by atoms with E-state index < -0.39 is 5.91 Å². The van der Waals surface area contributed by atoms with E-state index in [9.17, 15) is 4.79 Å². The predicted molar refractivity (Wildman–Crippen MR) is 87.1 cm³/mol. The van der Waals surface area contributed by atoms with Crippen LogP contribution in [-0.4, -0.2) is 30.6 Å². The second kappa shape index (κ2) is 7.35. The van der Waals surface area contributed by atoms with Crippen molar-refractivity contribution < 1.29 is 14.3 Å². The fourth-order valence-corrected chi connectivity index (χ4v) is 3.75. The van der Waals surface area contributed by atoms with Gasteiger partial charge in [-0.2, -0.15) is 5.26 Å². The van der Waals surface area contributed by atoms with Gasteiger partial charge in [-0.1, -0.05) is 23.6 Å². The molecule has 1 aromatic rings. The summed E-state index contributed by atoms with van der Waals surface area (Å²) in [5, 5.41) is 8.95. The molecular weight excluding hydrogens is 322 g/mol. The minimum atomic E-state index is -0.486. The van der Waals surface area contributed by atoms with Crippen molar-refractivity contribution in [2.24, 2.45) is 11.5 Å². The first-order valence-electron chi connectivity index (χ1n) is 6.58. The molecule has 116 valence electrons. The fraction of sp³-hybridized carbons (Fsp3) is 0.357. The largest absolute Gasteiger partial charge is 0.481 e. The number of nitrogens with two attached hydrogens (primary N) is 2. The van der Waals surface area contributed by atoms with Crippen LogP contribution in [0.4, 0.5) is 0 Å². The lowest BCUT2D eigenvalue weighted by atomic mass is 9.89. The SMILES string of the molecule is N#CCOCCOc1sc(C(N)=O)c2c1C(=S)C(=CN)CC2. The molecule has 2 rings (SSSR count). The van der Waals surface area contributed by atoms with Gasteiger partial charge in [0.15, 0.2) is 5.06 Å². The number of hydrogen-bond acceptors (Lipinski definition) is 7. The van der Waals surface area contributed by atoms with Crippen molar-refractivity contribution in [2.45, 2.75) is 12.8 Å². The first kappa shape index (κ1) is 16.4. The van der Waals surface area contributed by atoms with Crippen molar-refractivity contribution in [1.29, 1.82) is 5.26 Å². The van der Waals surface area contributed by atoms with Crippen LogP contribution in [0.15, 0.2) is 11.8 Å². The van der Waals surface area contributed by atoms with Gasteiger partial charge in [0.2, 0.25) is 0 Å². The molecule has 22 heavy (non-hydrogen) atoms. The molecule has 0 atom stereocenters. The molecule has 0 spiro atoms. The molecule has 1 amide bonds. The zero-order valence-corrected chi connectivity index (χ0v) is 13.4. The highest BCUT2D eigenvalue weighted by molar-refractivity contribution is 7.81. The van der Waals surface area contributed by atoms with Gasteiger partial charge in [0, 0.05) is 0 Å². The smallest absolute Gasteiger partial charge is 0.259 e. The monoisotopic (exact) mass is 337 g/mol. The third-order valence-corrected chi connectivity index (χ3v) is 4.82. The maximum absolute atomic E-state index is 11.6. The Morgan fingerprint density at radius 3 is 2.86 bits per heavy atom. The van der Waals surface area contributed by atoms with E-state index in [1.54, 1.807) is 0 Å². The number of carbonyl (C=O) groups excluding carboxylic acids is 1. The highest BCUT2D eigenvalue weighted by atomic mass is 32.1. The topological polar surface area (TPSA) is 111 Å². The lowest BCUT2D eigenvalue weighted by molar-refractivity contribution is 0.100. The second-order valence-electron chi connectivity index (χ2n) is 4.52. The van der Waals surface area contributed by atoms with Gasteiger partial charge in [-0.15, -0.1) is 0 Å². The van der Waals surface area contributed by atoms with Crippen molar-refractivity contribution in [3.05, 3.63) is 27.8 Å². The zero-order chi connectivity index (χ0) is 16.1. The number of fused-ring (bicyclic) bond motifs is 1. The van der Waals surface area contributed by atoms with E-state index in [1.807, 2.05) is 6.07 Å². The number of hydrogen-bond donors (Lipinski definition) is 2. The molecule has 0 bridgehead atoms. The first-order chi connectivity index (χ1) is 10.6. The number of primary amides is 1. The minimum absolute atomic E-state index is 0.0108. The number of allylic oxidation sites excluding steroid dienone is 1.